The van der Waals surface area contributed by atoms with Crippen molar-refractivity contribution in [3.05, 3.63) is 0 Å². The van der Waals surface area contributed by atoms with Crippen molar-refractivity contribution in [1.29, 1.82) is 0 Å². The highest BCUT2D eigenvalue weighted by atomic mass is 19.3. The molecule has 18 heavy (non-hydrogen) atoms. The second kappa shape index (κ2) is 6.26. The minimum absolute atomic E-state index is 0.155. The molecule has 0 aromatic rings. The normalized spacial score (nSPS) is 29.8. The highest BCUT2D eigenvalue weighted by Crippen LogP contribution is 2.29. The van der Waals surface area contributed by atoms with Gasteiger partial charge in [0.25, 0.3) is 5.92 Å². The minimum atomic E-state index is -2.68. The Morgan fingerprint density at radius 3 is 2.50 bits per heavy atom. The fourth-order valence-electron chi connectivity index (χ4n) is 2.76. The number of hydrogen-bond acceptors (Lipinski definition) is 3. The first kappa shape index (κ1) is 14.2. The van der Waals surface area contributed by atoms with Crippen molar-refractivity contribution in [3.63, 3.8) is 0 Å². The SMILES string of the molecule is CCN1CC(OCCN2CCCCC2)C(F)(F)C1. The van der Waals surface area contributed by atoms with Gasteiger partial charge in [-0.1, -0.05) is 13.3 Å². The fourth-order valence-corrected chi connectivity index (χ4v) is 2.76. The van der Waals surface area contributed by atoms with Gasteiger partial charge in [0.2, 0.25) is 0 Å². The highest BCUT2D eigenvalue weighted by Gasteiger charge is 2.48. The van der Waals surface area contributed by atoms with E-state index in [4.69, 9.17) is 4.74 Å². The van der Waals surface area contributed by atoms with Crippen LogP contribution in [0, 0.1) is 0 Å². The zero-order valence-electron chi connectivity index (χ0n) is 11.2. The molecule has 0 N–H and O–H groups in total. The Morgan fingerprint density at radius 2 is 1.89 bits per heavy atom. The lowest BCUT2D eigenvalue weighted by Gasteiger charge is -2.27. The van der Waals surface area contributed by atoms with Crippen molar-refractivity contribution in [2.24, 2.45) is 0 Å². The smallest absolute Gasteiger partial charge is 0.287 e. The molecule has 2 aliphatic heterocycles. The Morgan fingerprint density at radius 1 is 1.17 bits per heavy atom. The Balaban J connectivity index is 1.69. The van der Waals surface area contributed by atoms with Crippen LogP contribution in [0.4, 0.5) is 8.78 Å². The van der Waals surface area contributed by atoms with E-state index in [9.17, 15) is 8.78 Å². The largest absolute Gasteiger partial charge is 0.369 e. The molecular formula is C13H24F2N2O. The number of ether oxygens (including phenoxy) is 1. The predicted molar refractivity (Wildman–Crippen MR) is 67.1 cm³/mol. The minimum Gasteiger partial charge on any atom is -0.369 e. The van der Waals surface area contributed by atoms with Gasteiger partial charge in [-0.2, -0.15) is 0 Å². The molecule has 0 bridgehead atoms. The van der Waals surface area contributed by atoms with Gasteiger partial charge in [0.15, 0.2) is 0 Å². The molecule has 2 heterocycles. The lowest BCUT2D eigenvalue weighted by atomic mass is 10.1. The maximum atomic E-state index is 13.6. The van der Waals surface area contributed by atoms with Crippen LogP contribution in [0.5, 0.6) is 0 Å². The highest BCUT2D eigenvalue weighted by molar-refractivity contribution is 4.91. The molecule has 5 heteroatoms. The summed E-state index contributed by atoms with van der Waals surface area (Å²) in [6, 6.07) is 0. The quantitative estimate of drug-likeness (QED) is 0.752. The van der Waals surface area contributed by atoms with Crippen molar-refractivity contribution in [3.8, 4) is 0 Å². The van der Waals surface area contributed by atoms with E-state index in [1.165, 1.54) is 19.3 Å². The zero-order valence-corrected chi connectivity index (χ0v) is 11.2. The van der Waals surface area contributed by atoms with E-state index in [0.717, 1.165) is 19.6 Å². The molecule has 0 saturated carbocycles. The van der Waals surface area contributed by atoms with Crippen molar-refractivity contribution < 1.29 is 13.5 Å². The molecule has 1 unspecified atom stereocenters. The molecular weight excluding hydrogens is 238 g/mol. The summed E-state index contributed by atoms with van der Waals surface area (Å²) in [4.78, 5) is 4.07. The number of likely N-dealkylation sites (tertiary alicyclic amines) is 2. The van der Waals surface area contributed by atoms with Crippen LogP contribution in [0.15, 0.2) is 0 Å². The van der Waals surface area contributed by atoms with Crippen LogP contribution in [0.3, 0.4) is 0 Å². The van der Waals surface area contributed by atoms with Crippen LogP contribution < -0.4 is 0 Å². The van der Waals surface area contributed by atoms with E-state index >= 15 is 0 Å². The van der Waals surface area contributed by atoms with Gasteiger partial charge in [-0.3, -0.25) is 4.90 Å². The van der Waals surface area contributed by atoms with Crippen LogP contribution in [0.2, 0.25) is 0 Å². The molecule has 0 aromatic heterocycles. The van der Waals surface area contributed by atoms with E-state index in [0.29, 0.717) is 19.7 Å². The van der Waals surface area contributed by atoms with Crippen LogP contribution in [-0.4, -0.2) is 67.7 Å². The van der Waals surface area contributed by atoms with Crippen molar-refractivity contribution in [2.45, 2.75) is 38.2 Å². The molecule has 2 rings (SSSR count). The van der Waals surface area contributed by atoms with Gasteiger partial charge in [-0.05, 0) is 32.5 Å². The molecule has 2 aliphatic rings. The first-order valence-corrected chi connectivity index (χ1v) is 7.06. The summed E-state index contributed by atoms with van der Waals surface area (Å²) in [5, 5.41) is 0. The van der Waals surface area contributed by atoms with E-state index in [1.54, 1.807) is 4.90 Å². The van der Waals surface area contributed by atoms with Gasteiger partial charge < -0.3 is 9.64 Å². The van der Waals surface area contributed by atoms with Crippen LogP contribution in [0.1, 0.15) is 26.2 Å². The van der Waals surface area contributed by atoms with Crippen molar-refractivity contribution in [2.75, 3.05) is 45.9 Å². The van der Waals surface area contributed by atoms with Gasteiger partial charge in [-0.15, -0.1) is 0 Å². The van der Waals surface area contributed by atoms with E-state index in [1.807, 2.05) is 6.92 Å². The van der Waals surface area contributed by atoms with Gasteiger partial charge in [0.1, 0.15) is 6.10 Å². The monoisotopic (exact) mass is 262 g/mol. The average molecular weight is 262 g/mol. The van der Waals surface area contributed by atoms with Gasteiger partial charge >= 0.3 is 0 Å². The van der Waals surface area contributed by atoms with E-state index < -0.39 is 12.0 Å². The molecule has 0 radical (unpaired) electrons. The maximum absolute atomic E-state index is 13.6. The topological polar surface area (TPSA) is 15.7 Å². The molecule has 3 nitrogen and oxygen atoms in total. The second-order valence-electron chi connectivity index (χ2n) is 5.35. The summed E-state index contributed by atoms with van der Waals surface area (Å²) in [5.74, 6) is -2.68. The van der Waals surface area contributed by atoms with Gasteiger partial charge in [0.05, 0.1) is 13.2 Å². The number of nitrogens with zero attached hydrogens (tertiary/aromatic N) is 2. The molecule has 2 saturated heterocycles. The Hall–Kier alpha value is -0.260. The van der Waals surface area contributed by atoms with Gasteiger partial charge in [0, 0.05) is 13.1 Å². The number of rotatable bonds is 5. The summed E-state index contributed by atoms with van der Waals surface area (Å²) < 4.78 is 32.7. The lowest BCUT2D eigenvalue weighted by molar-refractivity contribution is -0.108. The summed E-state index contributed by atoms with van der Waals surface area (Å²) in [5.41, 5.74) is 0. The van der Waals surface area contributed by atoms with E-state index in [-0.39, 0.29) is 6.54 Å². The van der Waals surface area contributed by atoms with Crippen LogP contribution >= 0.6 is 0 Å². The zero-order chi connectivity index (χ0) is 13.0. The molecule has 0 amide bonds. The molecule has 106 valence electrons. The maximum Gasteiger partial charge on any atom is 0.287 e. The fraction of sp³-hybridized carbons (Fsp3) is 1.00. The Labute approximate surface area is 108 Å². The summed E-state index contributed by atoms with van der Waals surface area (Å²) >= 11 is 0. The third-order valence-electron chi connectivity index (χ3n) is 3.95. The standard InChI is InChI=1S/C13H24F2N2O/c1-2-16-10-12(13(14,15)11-16)18-9-8-17-6-4-3-5-7-17/h12H,2-11H2,1H3. The third-order valence-corrected chi connectivity index (χ3v) is 3.95. The van der Waals surface area contributed by atoms with Gasteiger partial charge in [-0.25, -0.2) is 8.78 Å². The lowest BCUT2D eigenvalue weighted by Crippen LogP contribution is -2.38. The number of alkyl halides is 2. The second-order valence-corrected chi connectivity index (χ2v) is 5.35. The molecule has 2 fully saturated rings. The number of hydrogen-bond donors (Lipinski definition) is 0. The van der Waals surface area contributed by atoms with Crippen molar-refractivity contribution in [1.82, 2.24) is 9.80 Å². The number of likely N-dealkylation sites (N-methyl/N-ethyl adjacent to an activating group) is 1. The number of halogens is 2. The summed E-state index contributed by atoms with van der Waals surface area (Å²) in [7, 11) is 0. The number of piperidine rings is 1. The molecule has 0 aliphatic carbocycles. The van der Waals surface area contributed by atoms with Crippen molar-refractivity contribution >= 4 is 0 Å². The summed E-state index contributed by atoms with van der Waals surface area (Å²) in [6.07, 6.45) is 2.83. The molecule has 0 spiro atoms. The summed E-state index contributed by atoms with van der Waals surface area (Å²) in [6.45, 7) is 6.18. The predicted octanol–water partition coefficient (Wildman–Crippen LogP) is 1.83. The van der Waals surface area contributed by atoms with Crippen LogP contribution in [0.25, 0.3) is 0 Å². The molecule has 0 aromatic carbocycles. The third kappa shape index (κ3) is 3.62. The first-order chi connectivity index (χ1) is 8.62. The van der Waals surface area contributed by atoms with E-state index in [2.05, 4.69) is 4.90 Å². The molecule has 1 atom stereocenters. The Kier molecular flexibility index (Phi) is 4.92. The van der Waals surface area contributed by atoms with Crippen LogP contribution in [-0.2, 0) is 4.74 Å². The average Bonchev–Trinajstić information content (AvgIpc) is 2.66. The Bertz CT molecular complexity index is 257. The first-order valence-electron chi connectivity index (χ1n) is 7.06.